The predicted molar refractivity (Wildman–Crippen MR) is 81.1 cm³/mol. The predicted octanol–water partition coefficient (Wildman–Crippen LogP) is 2.38. The van der Waals surface area contributed by atoms with Crippen LogP contribution in [0, 0.1) is 5.92 Å². The number of fused-ring (bicyclic) bond motifs is 1. The summed E-state index contributed by atoms with van der Waals surface area (Å²) in [5.41, 5.74) is 2.52. The number of para-hydroxylation sites is 1. The third-order valence-corrected chi connectivity index (χ3v) is 5.53. The number of sulfonamides is 1. The Hall–Kier alpha value is -1.33. The van der Waals surface area contributed by atoms with Gasteiger partial charge in [0.2, 0.25) is 10.0 Å². The maximum atomic E-state index is 11.5. The van der Waals surface area contributed by atoms with E-state index >= 15 is 0 Å². The maximum Gasteiger partial charge on any atom is 0.211 e. The zero-order valence-corrected chi connectivity index (χ0v) is 12.5. The lowest BCUT2D eigenvalue weighted by Crippen LogP contribution is -2.38. The molecule has 0 saturated carbocycles. The van der Waals surface area contributed by atoms with Crippen molar-refractivity contribution in [3.05, 3.63) is 36.0 Å². The van der Waals surface area contributed by atoms with Gasteiger partial charge in [0.25, 0.3) is 0 Å². The van der Waals surface area contributed by atoms with E-state index in [0.717, 1.165) is 19.3 Å². The molecule has 1 saturated heterocycles. The van der Waals surface area contributed by atoms with Crippen LogP contribution in [0.1, 0.15) is 18.4 Å². The summed E-state index contributed by atoms with van der Waals surface area (Å²) in [5.74, 6) is 0.576. The Labute approximate surface area is 119 Å². The van der Waals surface area contributed by atoms with Crippen molar-refractivity contribution in [1.29, 1.82) is 0 Å². The van der Waals surface area contributed by atoms with Gasteiger partial charge in [-0.05, 0) is 36.8 Å². The first-order valence-corrected chi connectivity index (χ1v) is 8.89. The van der Waals surface area contributed by atoms with Crippen LogP contribution in [0.2, 0.25) is 0 Å². The van der Waals surface area contributed by atoms with Crippen molar-refractivity contribution in [2.24, 2.45) is 5.92 Å². The average Bonchev–Trinajstić information content (AvgIpc) is 2.82. The van der Waals surface area contributed by atoms with Crippen LogP contribution in [-0.2, 0) is 16.4 Å². The molecule has 1 aliphatic heterocycles. The highest BCUT2D eigenvalue weighted by atomic mass is 32.2. The maximum absolute atomic E-state index is 11.5. The van der Waals surface area contributed by atoms with Crippen molar-refractivity contribution in [3.63, 3.8) is 0 Å². The monoisotopic (exact) mass is 292 g/mol. The second kappa shape index (κ2) is 5.22. The van der Waals surface area contributed by atoms with E-state index < -0.39 is 10.0 Å². The molecule has 108 valence electrons. The zero-order chi connectivity index (χ0) is 14.2. The standard InChI is InChI=1S/C15H20N2O2S/c1-20(18,19)17-8-6-12(7-9-17)10-13-11-16-15-5-3-2-4-14(13)15/h2-5,11-12,16H,6-10H2,1H3. The summed E-state index contributed by atoms with van der Waals surface area (Å²) in [6.45, 7) is 1.32. The fourth-order valence-corrected chi connectivity index (χ4v) is 3.93. The summed E-state index contributed by atoms with van der Waals surface area (Å²) in [6, 6.07) is 8.33. The molecule has 0 aliphatic carbocycles. The quantitative estimate of drug-likeness (QED) is 0.944. The molecule has 0 unspecified atom stereocenters. The Bertz CT molecular complexity index is 697. The van der Waals surface area contributed by atoms with E-state index in [1.165, 1.54) is 22.7 Å². The van der Waals surface area contributed by atoms with Gasteiger partial charge in [0.15, 0.2) is 0 Å². The topological polar surface area (TPSA) is 53.2 Å². The summed E-state index contributed by atoms with van der Waals surface area (Å²) in [4.78, 5) is 3.30. The molecule has 2 aromatic rings. The molecule has 0 atom stereocenters. The Balaban J connectivity index is 1.68. The van der Waals surface area contributed by atoms with Gasteiger partial charge in [0.1, 0.15) is 0 Å². The first-order chi connectivity index (χ1) is 9.54. The van der Waals surface area contributed by atoms with Crippen molar-refractivity contribution in [2.45, 2.75) is 19.3 Å². The second-order valence-electron chi connectivity index (χ2n) is 5.67. The average molecular weight is 292 g/mol. The molecule has 0 amide bonds. The molecule has 0 bridgehead atoms. The molecule has 4 nitrogen and oxygen atoms in total. The van der Waals surface area contributed by atoms with Gasteiger partial charge in [-0.2, -0.15) is 0 Å². The molecule has 3 rings (SSSR count). The highest BCUT2D eigenvalue weighted by molar-refractivity contribution is 7.88. The van der Waals surface area contributed by atoms with E-state index in [1.807, 2.05) is 6.07 Å². The van der Waals surface area contributed by atoms with Crippen LogP contribution < -0.4 is 0 Å². The lowest BCUT2D eigenvalue weighted by molar-refractivity contribution is 0.274. The van der Waals surface area contributed by atoms with Crippen molar-refractivity contribution in [2.75, 3.05) is 19.3 Å². The van der Waals surface area contributed by atoms with Crippen molar-refractivity contribution >= 4 is 20.9 Å². The van der Waals surface area contributed by atoms with Crippen molar-refractivity contribution < 1.29 is 8.42 Å². The minimum atomic E-state index is -3.02. The first-order valence-electron chi connectivity index (χ1n) is 7.04. The van der Waals surface area contributed by atoms with Gasteiger partial charge in [-0.15, -0.1) is 0 Å². The third kappa shape index (κ3) is 2.74. The largest absolute Gasteiger partial charge is 0.361 e. The molecule has 5 heteroatoms. The molecule has 1 fully saturated rings. The minimum absolute atomic E-state index is 0.576. The first kappa shape index (κ1) is 13.6. The number of aromatic amines is 1. The van der Waals surface area contributed by atoms with E-state index in [1.54, 1.807) is 4.31 Å². The number of hydrogen-bond donors (Lipinski definition) is 1. The van der Waals surface area contributed by atoms with Gasteiger partial charge in [-0.3, -0.25) is 0 Å². The highest BCUT2D eigenvalue weighted by Crippen LogP contribution is 2.26. The van der Waals surface area contributed by atoms with Crippen LogP contribution in [0.3, 0.4) is 0 Å². The molecule has 1 N–H and O–H groups in total. The van der Waals surface area contributed by atoms with Crippen LogP contribution in [0.15, 0.2) is 30.5 Å². The molecule has 1 aromatic heterocycles. The number of H-pyrrole nitrogens is 1. The van der Waals surface area contributed by atoms with Gasteiger partial charge in [0.05, 0.1) is 6.26 Å². The molecule has 2 heterocycles. The summed E-state index contributed by atoms with van der Waals surface area (Å²) in [7, 11) is -3.02. The summed E-state index contributed by atoms with van der Waals surface area (Å²) < 4.78 is 24.6. The summed E-state index contributed by atoms with van der Waals surface area (Å²) in [5, 5.41) is 1.29. The smallest absolute Gasteiger partial charge is 0.211 e. The Morgan fingerprint density at radius 1 is 1.25 bits per heavy atom. The Morgan fingerprint density at radius 3 is 2.65 bits per heavy atom. The minimum Gasteiger partial charge on any atom is -0.361 e. The molecular formula is C15H20N2O2S. The van der Waals surface area contributed by atoms with Gasteiger partial charge in [-0.25, -0.2) is 12.7 Å². The fourth-order valence-electron chi connectivity index (χ4n) is 3.06. The second-order valence-corrected chi connectivity index (χ2v) is 7.65. The number of nitrogens with one attached hydrogen (secondary N) is 1. The van der Waals surface area contributed by atoms with Crippen LogP contribution >= 0.6 is 0 Å². The summed E-state index contributed by atoms with van der Waals surface area (Å²) in [6.07, 6.45) is 6.32. The summed E-state index contributed by atoms with van der Waals surface area (Å²) >= 11 is 0. The number of aromatic nitrogens is 1. The SMILES string of the molecule is CS(=O)(=O)N1CCC(Cc2c[nH]c3ccccc23)CC1. The number of nitrogens with zero attached hydrogens (tertiary/aromatic N) is 1. The molecule has 0 radical (unpaired) electrons. The Kier molecular flexibility index (Phi) is 3.56. The fraction of sp³-hybridized carbons (Fsp3) is 0.467. The van der Waals surface area contributed by atoms with Gasteiger partial charge >= 0.3 is 0 Å². The number of hydrogen-bond acceptors (Lipinski definition) is 2. The molecule has 20 heavy (non-hydrogen) atoms. The van der Waals surface area contributed by atoms with Crippen LogP contribution in [0.25, 0.3) is 10.9 Å². The lowest BCUT2D eigenvalue weighted by Gasteiger charge is -2.30. The number of rotatable bonds is 3. The van der Waals surface area contributed by atoms with Crippen molar-refractivity contribution in [3.8, 4) is 0 Å². The van der Waals surface area contributed by atoms with Gasteiger partial charge in [0, 0.05) is 30.2 Å². The van der Waals surface area contributed by atoms with E-state index in [4.69, 9.17) is 0 Å². The van der Waals surface area contributed by atoms with Crippen LogP contribution in [-0.4, -0.2) is 37.1 Å². The van der Waals surface area contributed by atoms with Crippen molar-refractivity contribution in [1.82, 2.24) is 9.29 Å². The molecule has 1 aliphatic rings. The number of piperidine rings is 1. The van der Waals surface area contributed by atoms with E-state index in [2.05, 4.69) is 29.4 Å². The van der Waals surface area contributed by atoms with Crippen LogP contribution in [0.5, 0.6) is 0 Å². The zero-order valence-electron chi connectivity index (χ0n) is 11.7. The highest BCUT2D eigenvalue weighted by Gasteiger charge is 2.25. The molecule has 0 spiro atoms. The van der Waals surface area contributed by atoms with Gasteiger partial charge < -0.3 is 4.98 Å². The molecule has 1 aromatic carbocycles. The molecular weight excluding hydrogens is 272 g/mol. The van der Waals surface area contributed by atoms with E-state index in [9.17, 15) is 8.42 Å². The van der Waals surface area contributed by atoms with E-state index in [-0.39, 0.29) is 0 Å². The van der Waals surface area contributed by atoms with Gasteiger partial charge in [-0.1, -0.05) is 18.2 Å². The van der Waals surface area contributed by atoms with Crippen LogP contribution in [0.4, 0.5) is 0 Å². The third-order valence-electron chi connectivity index (χ3n) is 4.23. The lowest BCUT2D eigenvalue weighted by atomic mass is 9.91. The normalized spacial score (nSPS) is 18.6. The van der Waals surface area contributed by atoms with E-state index in [0.29, 0.717) is 19.0 Å². The Morgan fingerprint density at radius 2 is 1.95 bits per heavy atom. The number of benzene rings is 1.